The van der Waals surface area contributed by atoms with E-state index in [1.165, 1.54) is 7.11 Å². The van der Waals surface area contributed by atoms with Gasteiger partial charge in [-0.25, -0.2) is 4.79 Å². The van der Waals surface area contributed by atoms with E-state index in [-0.39, 0.29) is 5.97 Å². The molecule has 0 saturated carbocycles. The standard InChI is InChI=1S/C13H20N2O2/c1-9(2)6-7-15-12-5-4-10(14)8-11(12)13(16)17-3/h4-5,8-9,15H,6-7,14H2,1-3H3. The fourth-order valence-electron chi connectivity index (χ4n) is 1.49. The number of hydrogen-bond acceptors (Lipinski definition) is 4. The van der Waals surface area contributed by atoms with E-state index in [0.29, 0.717) is 17.2 Å². The summed E-state index contributed by atoms with van der Waals surface area (Å²) >= 11 is 0. The van der Waals surface area contributed by atoms with Gasteiger partial charge in [-0.3, -0.25) is 0 Å². The van der Waals surface area contributed by atoms with Crippen LogP contribution in [0.2, 0.25) is 0 Å². The molecule has 0 aliphatic heterocycles. The van der Waals surface area contributed by atoms with Gasteiger partial charge in [-0.05, 0) is 30.5 Å². The maximum atomic E-state index is 11.6. The number of nitrogens with two attached hydrogens (primary N) is 1. The predicted molar refractivity (Wildman–Crippen MR) is 70.1 cm³/mol. The van der Waals surface area contributed by atoms with Crippen molar-refractivity contribution in [2.45, 2.75) is 20.3 Å². The lowest BCUT2D eigenvalue weighted by molar-refractivity contribution is 0.0602. The van der Waals surface area contributed by atoms with Crippen LogP contribution < -0.4 is 11.1 Å². The van der Waals surface area contributed by atoms with Crippen LogP contribution in [0.5, 0.6) is 0 Å². The summed E-state index contributed by atoms with van der Waals surface area (Å²) < 4.78 is 4.72. The molecule has 4 heteroatoms. The molecule has 17 heavy (non-hydrogen) atoms. The predicted octanol–water partition coefficient (Wildman–Crippen LogP) is 2.51. The maximum absolute atomic E-state index is 11.6. The summed E-state index contributed by atoms with van der Waals surface area (Å²) in [7, 11) is 1.36. The molecule has 0 fully saturated rings. The van der Waals surface area contributed by atoms with Crippen LogP contribution in [0.15, 0.2) is 18.2 Å². The molecule has 0 atom stereocenters. The lowest BCUT2D eigenvalue weighted by atomic mass is 10.1. The number of esters is 1. The van der Waals surface area contributed by atoms with Crippen molar-refractivity contribution < 1.29 is 9.53 Å². The Balaban J connectivity index is 2.79. The number of carbonyl (C=O) groups is 1. The molecule has 0 aliphatic carbocycles. The van der Waals surface area contributed by atoms with E-state index in [1.807, 2.05) is 6.07 Å². The van der Waals surface area contributed by atoms with Crippen LogP contribution in [0.1, 0.15) is 30.6 Å². The number of nitrogens with one attached hydrogen (secondary N) is 1. The Kier molecular flexibility index (Phi) is 4.82. The van der Waals surface area contributed by atoms with Crippen molar-refractivity contribution in [3.05, 3.63) is 23.8 Å². The molecule has 0 aromatic heterocycles. The minimum absolute atomic E-state index is 0.371. The van der Waals surface area contributed by atoms with Gasteiger partial charge in [-0.2, -0.15) is 0 Å². The Labute approximate surface area is 102 Å². The lowest BCUT2D eigenvalue weighted by Crippen LogP contribution is -2.11. The molecule has 3 N–H and O–H groups in total. The number of carbonyl (C=O) groups excluding carboxylic acids is 1. The SMILES string of the molecule is COC(=O)c1cc(N)ccc1NCCC(C)C. The van der Waals surface area contributed by atoms with Gasteiger partial charge in [-0.15, -0.1) is 0 Å². The Bertz CT molecular complexity index is 389. The topological polar surface area (TPSA) is 64.3 Å². The zero-order valence-corrected chi connectivity index (χ0v) is 10.6. The normalized spacial score (nSPS) is 10.4. The van der Waals surface area contributed by atoms with Gasteiger partial charge >= 0.3 is 5.97 Å². The summed E-state index contributed by atoms with van der Waals surface area (Å²) in [6.07, 6.45) is 1.05. The van der Waals surface area contributed by atoms with Gasteiger partial charge in [0, 0.05) is 17.9 Å². The second kappa shape index (κ2) is 6.13. The molecule has 0 amide bonds. The zero-order chi connectivity index (χ0) is 12.8. The van der Waals surface area contributed by atoms with Crippen LogP contribution in [-0.2, 0) is 4.74 Å². The van der Waals surface area contributed by atoms with E-state index in [2.05, 4.69) is 19.2 Å². The molecule has 1 aromatic rings. The average Bonchev–Trinajstić information content (AvgIpc) is 2.29. The van der Waals surface area contributed by atoms with Gasteiger partial charge in [0.15, 0.2) is 0 Å². The third-order valence-corrected chi connectivity index (χ3v) is 2.49. The second-order valence-electron chi connectivity index (χ2n) is 4.41. The van der Waals surface area contributed by atoms with Crippen LogP contribution in [0.25, 0.3) is 0 Å². The zero-order valence-electron chi connectivity index (χ0n) is 10.6. The number of methoxy groups -OCH3 is 1. The highest BCUT2D eigenvalue weighted by Gasteiger charge is 2.11. The van der Waals surface area contributed by atoms with Crippen LogP contribution in [0.4, 0.5) is 11.4 Å². The quantitative estimate of drug-likeness (QED) is 0.609. The van der Waals surface area contributed by atoms with Gasteiger partial charge in [0.1, 0.15) is 0 Å². The largest absolute Gasteiger partial charge is 0.465 e. The first kappa shape index (κ1) is 13.4. The fourth-order valence-corrected chi connectivity index (χ4v) is 1.49. The van der Waals surface area contributed by atoms with Crippen molar-refractivity contribution in [2.24, 2.45) is 5.92 Å². The highest BCUT2D eigenvalue weighted by molar-refractivity contribution is 5.96. The van der Waals surface area contributed by atoms with Gasteiger partial charge < -0.3 is 15.8 Å². The summed E-state index contributed by atoms with van der Waals surface area (Å²) in [5.41, 5.74) is 7.47. The number of ether oxygens (including phenoxy) is 1. The van der Waals surface area contributed by atoms with Gasteiger partial charge in [0.2, 0.25) is 0 Å². The number of nitrogen functional groups attached to an aromatic ring is 1. The van der Waals surface area contributed by atoms with E-state index in [1.54, 1.807) is 12.1 Å². The summed E-state index contributed by atoms with van der Waals surface area (Å²) in [4.78, 5) is 11.6. The molecule has 1 rings (SSSR count). The molecule has 0 radical (unpaired) electrons. The Morgan fingerprint density at radius 1 is 1.47 bits per heavy atom. The van der Waals surface area contributed by atoms with Crippen LogP contribution in [-0.4, -0.2) is 19.6 Å². The van der Waals surface area contributed by atoms with Gasteiger partial charge in [0.25, 0.3) is 0 Å². The monoisotopic (exact) mass is 236 g/mol. The van der Waals surface area contributed by atoms with Crippen LogP contribution in [0.3, 0.4) is 0 Å². The molecular formula is C13H20N2O2. The number of benzene rings is 1. The molecule has 94 valence electrons. The van der Waals surface area contributed by atoms with Gasteiger partial charge in [0.05, 0.1) is 12.7 Å². The van der Waals surface area contributed by atoms with Crippen molar-refractivity contribution in [3.63, 3.8) is 0 Å². The molecule has 0 heterocycles. The van der Waals surface area contributed by atoms with E-state index >= 15 is 0 Å². The van der Waals surface area contributed by atoms with Crippen molar-refractivity contribution in [1.29, 1.82) is 0 Å². The van der Waals surface area contributed by atoms with Crippen LogP contribution in [0, 0.1) is 5.92 Å². The Morgan fingerprint density at radius 3 is 2.76 bits per heavy atom. The molecular weight excluding hydrogens is 216 g/mol. The van der Waals surface area contributed by atoms with E-state index in [0.717, 1.165) is 18.7 Å². The van der Waals surface area contributed by atoms with E-state index in [4.69, 9.17) is 10.5 Å². The first-order chi connectivity index (χ1) is 8.04. The summed E-state index contributed by atoms with van der Waals surface area (Å²) in [5.74, 6) is 0.252. The third kappa shape index (κ3) is 3.98. The van der Waals surface area contributed by atoms with E-state index in [9.17, 15) is 4.79 Å². The smallest absolute Gasteiger partial charge is 0.340 e. The average molecular weight is 236 g/mol. The van der Waals surface area contributed by atoms with Crippen molar-refractivity contribution >= 4 is 17.3 Å². The summed E-state index contributed by atoms with van der Waals surface area (Å²) in [6, 6.07) is 5.20. The summed E-state index contributed by atoms with van der Waals surface area (Å²) in [5, 5.41) is 3.23. The molecule has 0 bridgehead atoms. The number of rotatable bonds is 5. The van der Waals surface area contributed by atoms with E-state index < -0.39 is 0 Å². The van der Waals surface area contributed by atoms with Crippen molar-refractivity contribution in [3.8, 4) is 0 Å². The summed E-state index contributed by atoms with van der Waals surface area (Å²) in [6.45, 7) is 5.14. The second-order valence-corrected chi connectivity index (χ2v) is 4.41. The van der Waals surface area contributed by atoms with Gasteiger partial charge in [-0.1, -0.05) is 13.8 Å². The lowest BCUT2D eigenvalue weighted by Gasteiger charge is -2.12. The Hall–Kier alpha value is -1.71. The fraction of sp³-hybridized carbons (Fsp3) is 0.462. The highest BCUT2D eigenvalue weighted by Crippen LogP contribution is 2.20. The molecule has 4 nitrogen and oxygen atoms in total. The minimum atomic E-state index is -0.371. The van der Waals surface area contributed by atoms with Crippen molar-refractivity contribution in [1.82, 2.24) is 0 Å². The first-order valence-corrected chi connectivity index (χ1v) is 5.76. The molecule has 1 aromatic carbocycles. The molecule has 0 aliphatic rings. The molecule has 0 unspecified atom stereocenters. The van der Waals surface area contributed by atoms with Crippen LogP contribution >= 0.6 is 0 Å². The maximum Gasteiger partial charge on any atom is 0.340 e. The Morgan fingerprint density at radius 2 is 2.18 bits per heavy atom. The highest BCUT2D eigenvalue weighted by atomic mass is 16.5. The third-order valence-electron chi connectivity index (χ3n) is 2.49. The molecule has 0 saturated heterocycles. The molecule has 0 spiro atoms. The van der Waals surface area contributed by atoms with Crippen molar-refractivity contribution in [2.75, 3.05) is 24.7 Å². The number of hydrogen-bond donors (Lipinski definition) is 2. The first-order valence-electron chi connectivity index (χ1n) is 5.76. The minimum Gasteiger partial charge on any atom is -0.465 e. The number of anilines is 2.